The summed E-state index contributed by atoms with van der Waals surface area (Å²) in [7, 11) is 3.21. The molecule has 0 saturated heterocycles. The summed E-state index contributed by atoms with van der Waals surface area (Å²) in [4.78, 5) is 6.67. The Bertz CT molecular complexity index is 873. The van der Waals surface area contributed by atoms with Crippen LogP contribution < -0.4 is 19.7 Å². The molecule has 0 atom stereocenters. The summed E-state index contributed by atoms with van der Waals surface area (Å²) < 4.78 is 10.6. The highest BCUT2D eigenvalue weighted by Gasteiger charge is 2.11. The Morgan fingerprint density at radius 3 is 2.48 bits per heavy atom. The molecular weight excluding hydrogens is 342 g/mol. The molecule has 0 unspecified atom stereocenters. The topological polar surface area (TPSA) is 72.4 Å². The van der Waals surface area contributed by atoms with Gasteiger partial charge in [0.15, 0.2) is 17.3 Å². The molecule has 0 spiro atoms. The molecule has 0 radical (unpaired) electrons. The van der Waals surface area contributed by atoms with Crippen LogP contribution in [-0.4, -0.2) is 35.9 Å². The van der Waals surface area contributed by atoms with Crippen molar-refractivity contribution < 1.29 is 9.47 Å². The summed E-state index contributed by atoms with van der Waals surface area (Å²) in [5.41, 5.74) is 2.02. The molecule has 0 fully saturated rings. The van der Waals surface area contributed by atoms with E-state index in [2.05, 4.69) is 44.5 Å². The van der Waals surface area contributed by atoms with Crippen LogP contribution in [0.5, 0.6) is 11.5 Å². The molecule has 1 heterocycles. The Kier molecular flexibility index (Phi) is 6.04. The second-order valence-corrected chi connectivity index (χ2v) is 5.84. The third kappa shape index (κ3) is 4.63. The maximum Gasteiger partial charge on any atom is 0.247 e. The highest BCUT2D eigenvalue weighted by Crippen LogP contribution is 2.30. The summed E-state index contributed by atoms with van der Waals surface area (Å²) in [6.07, 6.45) is 1.59. The van der Waals surface area contributed by atoms with Crippen LogP contribution in [0.3, 0.4) is 0 Å². The number of methoxy groups -OCH3 is 2. The van der Waals surface area contributed by atoms with Crippen LogP contribution in [0.4, 0.5) is 17.5 Å². The molecule has 0 bridgehead atoms. The van der Waals surface area contributed by atoms with Gasteiger partial charge in [0, 0.05) is 24.8 Å². The third-order valence-corrected chi connectivity index (χ3v) is 4.08. The van der Waals surface area contributed by atoms with Crippen molar-refractivity contribution in [2.24, 2.45) is 0 Å². The number of hydrogen-bond donors (Lipinski definition) is 1. The number of aromatic nitrogens is 3. The standard InChI is InChI=1S/C20H23N5O2/c1-4-25(14-15-8-6-5-7-9-15)20-23-19(13-21-24-20)22-16-10-11-17(26-2)18(12-16)27-3/h5-13H,4,14H2,1-3H3,(H,22,23,24). The Morgan fingerprint density at radius 2 is 1.78 bits per heavy atom. The van der Waals surface area contributed by atoms with Gasteiger partial charge in [0.2, 0.25) is 5.95 Å². The lowest BCUT2D eigenvalue weighted by Gasteiger charge is -2.20. The fourth-order valence-corrected chi connectivity index (χ4v) is 2.68. The maximum absolute atomic E-state index is 5.34. The first-order valence-corrected chi connectivity index (χ1v) is 8.71. The zero-order valence-electron chi connectivity index (χ0n) is 15.7. The fraction of sp³-hybridized carbons (Fsp3) is 0.250. The number of ether oxygens (including phenoxy) is 2. The van der Waals surface area contributed by atoms with Crippen molar-refractivity contribution in [1.29, 1.82) is 0 Å². The largest absolute Gasteiger partial charge is 0.493 e. The van der Waals surface area contributed by atoms with Crippen LogP contribution in [-0.2, 0) is 6.54 Å². The SMILES string of the molecule is CCN(Cc1ccccc1)c1nncc(Nc2ccc(OC)c(OC)c2)n1. The van der Waals surface area contributed by atoms with E-state index in [1.807, 2.05) is 36.4 Å². The zero-order chi connectivity index (χ0) is 19.1. The average Bonchev–Trinajstić information content (AvgIpc) is 2.73. The van der Waals surface area contributed by atoms with E-state index in [9.17, 15) is 0 Å². The van der Waals surface area contributed by atoms with E-state index in [1.54, 1.807) is 20.4 Å². The van der Waals surface area contributed by atoms with Gasteiger partial charge in [-0.2, -0.15) is 10.1 Å². The van der Waals surface area contributed by atoms with Crippen molar-refractivity contribution >= 4 is 17.5 Å². The van der Waals surface area contributed by atoms with E-state index in [4.69, 9.17) is 9.47 Å². The van der Waals surface area contributed by atoms with E-state index >= 15 is 0 Å². The summed E-state index contributed by atoms with van der Waals surface area (Å²) >= 11 is 0. The Hall–Kier alpha value is -3.35. The van der Waals surface area contributed by atoms with Crippen LogP contribution in [0.2, 0.25) is 0 Å². The van der Waals surface area contributed by atoms with Crippen LogP contribution >= 0.6 is 0 Å². The van der Waals surface area contributed by atoms with E-state index in [-0.39, 0.29) is 0 Å². The van der Waals surface area contributed by atoms with Gasteiger partial charge in [0.05, 0.1) is 20.4 Å². The molecular formula is C20H23N5O2. The van der Waals surface area contributed by atoms with Gasteiger partial charge < -0.3 is 19.7 Å². The molecule has 3 aromatic rings. The van der Waals surface area contributed by atoms with E-state index in [1.165, 1.54) is 5.56 Å². The zero-order valence-corrected chi connectivity index (χ0v) is 15.7. The van der Waals surface area contributed by atoms with E-state index in [0.29, 0.717) is 23.3 Å². The molecule has 0 aliphatic carbocycles. The molecule has 1 aromatic heterocycles. The third-order valence-electron chi connectivity index (χ3n) is 4.08. The first kappa shape index (κ1) is 18.4. The van der Waals surface area contributed by atoms with E-state index in [0.717, 1.165) is 18.8 Å². The van der Waals surface area contributed by atoms with Crippen molar-refractivity contribution in [3.8, 4) is 11.5 Å². The molecule has 0 amide bonds. The molecule has 2 aromatic carbocycles. The minimum Gasteiger partial charge on any atom is -0.493 e. The van der Waals surface area contributed by atoms with Crippen LogP contribution in [0.15, 0.2) is 54.7 Å². The van der Waals surface area contributed by atoms with Gasteiger partial charge in [-0.1, -0.05) is 30.3 Å². The van der Waals surface area contributed by atoms with E-state index < -0.39 is 0 Å². The minimum atomic E-state index is 0.576. The lowest BCUT2D eigenvalue weighted by molar-refractivity contribution is 0.355. The maximum atomic E-state index is 5.34. The van der Waals surface area contributed by atoms with Crippen molar-refractivity contribution in [2.45, 2.75) is 13.5 Å². The second-order valence-electron chi connectivity index (χ2n) is 5.84. The molecule has 0 aliphatic rings. The first-order chi connectivity index (χ1) is 13.2. The Labute approximate surface area is 159 Å². The highest BCUT2D eigenvalue weighted by atomic mass is 16.5. The normalized spacial score (nSPS) is 10.3. The molecule has 7 nitrogen and oxygen atoms in total. The van der Waals surface area contributed by atoms with Gasteiger partial charge in [-0.15, -0.1) is 5.10 Å². The predicted molar refractivity (Wildman–Crippen MR) is 106 cm³/mol. The van der Waals surface area contributed by atoms with Crippen molar-refractivity contribution in [2.75, 3.05) is 31.0 Å². The lowest BCUT2D eigenvalue weighted by atomic mass is 10.2. The summed E-state index contributed by atoms with van der Waals surface area (Å²) in [5, 5.41) is 11.5. The highest BCUT2D eigenvalue weighted by molar-refractivity contribution is 5.61. The lowest BCUT2D eigenvalue weighted by Crippen LogP contribution is -2.24. The predicted octanol–water partition coefficient (Wildman–Crippen LogP) is 3.66. The van der Waals surface area contributed by atoms with Gasteiger partial charge in [0.1, 0.15) is 0 Å². The quantitative estimate of drug-likeness (QED) is 0.653. The van der Waals surface area contributed by atoms with Crippen molar-refractivity contribution in [3.05, 3.63) is 60.3 Å². The number of nitrogens with one attached hydrogen (secondary N) is 1. The Balaban J connectivity index is 1.78. The Morgan fingerprint density at radius 1 is 1.00 bits per heavy atom. The number of hydrogen-bond acceptors (Lipinski definition) is 7. The smallest absolute Gasteiger partial charge is 0.247 e. The summed E-state index contributed by atoms with van der Waals surface area (Å²) in [5.74, 6) is 2.50. The molecule has 0 aliphatic heterocycles. The van der Waals surface area contributed by atoms with Crippen LogP contribution in [0, 0.1) is 0 Å². The van der Waals surface area contributed by atoms with Gasteiger partial charge in [-0.25, -0.2) is 0 Å². The average molecular weight is 365 g/mol. The van der Waals surface area contributed by atoms with Crippen molar-refractivity contribution in [1.82, 2.24) is 15.2 Å². The molecule has 140 valence electrons. The van der Waals surface area contributed by atoms with Gasteiger partial charge in [0.25, 0.3) is 0 Å². The van der Waals surface area contributed by atoms with Crippen LogP contribution in [0.1, 0.15) is 12.5 Å². The van der Waals surface area contributed by atoms with Gasteiger partial charge >= 0.3 is 0 Å². The van der Waals surface area contributed by atoms with Gasteiger partial charge in [-0.05, 0) is 24.6 Å². The summed E-state index contributed by atoms with van der Waals surface area (Å²) in [6, 6.07) is 15.8. The number of nitrogens with zero attached hydrogens (tertiary/aromatic N) is 4. The molecule has 0 saturated carbocycles. The molecule has 7 heteroatoms. The molecule has 1 N–H and O–H groups in total. The monoisotopic (exact) mass is 365 g/mol. The minimum absolute atomic E-state index is 0.576. The number of anilines is 3. The molecule has 3 rings (SSSR count). The fourth-order valence-electron chi connectivity index (χ4n) is 2.68. The first-order valence-electron chi connectivity index (χ1n) is 8.71. The summed E-state index contributed by atoms with van der Waals surface area (Å²) in [6.45, 7) is 3.57. The van der Waals surface area contributed by atoms with Gasteiger partial charge in [-0.3, -0.25) is 0 Å². The number of benzene rings is 2. The second kappa shape index (κ2) is 8.84. The van der Waals surface area contributed by atoms with Crippen LogP contribution in [0.25, 0.3) is 0 Å². The molecule has 27 heavy (non-hydrogen) atoms. The number of rotatable bonds is 8. The van der Waals surface area contributed by atoms with Crippen molar-refractivity contribution in [3.63, 3.8) is 0 Å².